The van der Waals surface area contributed by atoms with Gasteiger partial charge in [-0.05, 0) is 65.4 Å². The van der Waals surface area contributed by atoms with Gasteiger partial charge in [0.2, 0.25) is 9.84 Å². The number of rotatable bonds is 9. The van der Waals surface area contributed by atoms with Gasteiger partial charge in [0.25, 0.3) is 10.0 Å². The second kappa shape index (κ2) is 10.7. The minimum absolute atomic E-state index is 0.0208. The molecular weight excluding hydrogens is 587 g/mol. The SMILES string of the molecule is N=C(N)c1ccc2cc(Oc3ccc(NS(=O)(=O)c4cc(S(=O)(=O)c5ccccc5)cs4)cc3C(=O)O)ccc2c1. The molecule has 5 aromatic rings. The van der Waals surface area contributed by atoms with Gasteiger partial charge in [-0.2, -0.15) is 0 Å². The van der Waals surface area contributed by atoms with Crippen LogP contribution in [-0.2, 0) is 19.9 Å². The fourth-order valence-corrected chi connectivity index (χ4v) is 7.91. The van der Waals surface area contributed by atoms with Crippen LogP contribution in [0.15, 0.2) is 110 Å². The van der Waals surface area contributed by atoms with Crippen molar-refractivity contribution in [3.63, 3.8) is 0 Å². The van der Waals surface area contributed by atoms with Crippen LogP contribution in [0.1, 0.15) is 15.9 Å². The number of aromatic carboxylic acids is 1. The third-order valence-electron chi connectivity index (χ3n) is 5.99. The van der Waals surface area contributed by atoms with E-state index in [-0.39, 0.29) is 36.8 Å². The molecular formula is C28H21N3O7S3. The third-order valence-corrected chi connectivity index (χ3v) is 10.7. The fourth-order valence-electron chi connectivity index (χ4n) is 3.95. The first-order chi connectivity index (χ1) is 19.4. The minimum Gasteiger partial charge on any atom is -0.478 e. The van der Waals surface area contributed by atoms with E-state index in [1.54, 1.807) is 54.6 Å². The van der Waals surface area contributed by atoms with E-state index in [9.17, 15) is 26.7 Å². The number of nitrogens with two attached hydrogens (primary N) is 1. The summed E-state index contributed by atoms with van der Waals surface area (Å²) in [6.45, 7) is 0. The number of anilines is 1. The van der Waals surface area contributed by atoms with Gasteiger partial charge in [0, 0.05) is 16.6 Å². The molecule has 0 aliphatic rings. The van der Waals surface area contributed by atoms with E-state index in [4.69, 9.17) is 15.9 Å². The lowest BCUT2D eigenvalue weighted by Crippen LogP contribution is -2.12. The zero-order chi connectivity index (χ0) is 29.4. The lowest BCUT2D eigenvalue weighted by atomic mass is 10.1. The molecule has 0 aliphatic heterocycles. The summed E-state index contributed by atoms with van der Waals surface area (Å²) in [5.41, 5.74) is 5.76. The summed E-state index contributed by atoms with van der Waals surface area (Å²) < 4.78 is 59.6. The average molecular weight is 608 g/mol. The summed E-state index contributed by atoms with van der Waals surface area (Å²) >= 11 is 0.727. The molecule has 0 unspecified atom stereocenters. The van der Waals surface area contributed by atoms with Crippen molar-refractivity contribution in [3.05, 3.63) is 108 Å². The predicted molar refractivity (Wildman–Crippen MR) is 155 cm³/mol. The van der Waals surface area contributed by atoms with E-state index in [0.29, 0.717) is 11.3 Å². The molecule has 0 fully saturated rings. The molecule has 0 saturated heterocycles. The van der Waals surface area contributed by atoms with Crippen molar-refractivity contribution in [2.75, 3.05) is 4.72 Å². The number of benzene rings is 4. The number of nitrogens with one attached hydrogen (secondary N) is 2. The number of ether oxygens (including phenoxy) is 1. The number of carbonyl (C=O) groups is 1. The Balaban J connectivity index is 1.39. The molecule has 0 atom stereocenters. The number of amidine groups is 1. The van der Waals surface area contributed by atoms with Crippen molar-refractivity contribution in [1.82, 2.24) is 0 Å². The van der Waals surface area contributed by atoms with Gasteiger partial charge in [0.15, 0.2) is 0 Å². The number of sulfone groups is 1. The van der Waals surface area contributed by atoms with Crippen molar-refractivity contribution in [3.8, 4) is 11.5 Å². The van der Waals surface area contributed by atoms with Gasteiger partial charge in [0.1, 0.15) is 27.1 Å². The lowest BCUT2D eigenvalue weighted by Gasteiger charge is -2.12. The van der Waals surface area contributed by atoms with Crippen molar-refractivity contribution in [2.45, 2.75) is 14.0 Å². The summed E-state index contributed by atoms with van der Waals surface area (Å²) in [4.78, 5) is 11.9. The van der Waals surface area contributed by atoms with Gasteiger partial charge in [-0.15, -0.1) is 11.3 Å². The highest BCUT2D eigenvalue weighted by molar-refractivity contribution is 7.95. The number of hydrogen-bond acceptors (Lipinski definition) is 8. The normalized spacial score (nSPS) is 11.7. The molecule has 0 spiro atoms. The van der Waals surface area contributed by atoms with E-state index < -0.39 is 25.8 Å². The molecule has 10 nitrogen and oxygen atoms in total. The van der Waals surface area contributed by atoms with Crippen LogP contribution >= 0.6 is 11.3 Å². The molecule has 0 saturated carbocycles. The van der Waals surface area contributed by atoms with Gasteiger partial charge in [-0.1, -0.05) is 36.4 Å². The van der Waals surface area contributed by atoms with E-state index in [1.807, 2.05) is 0 Å². The number of sulfonamides is 1. The maximum absolute atomic E-state index is 13.0. The standard InChI is InChI=1S/C28H21N3O7S3/c29-27(30)19-7-6-18-13-21(10-8-17(18)12-19)38-25-11-9-20(14-24(25)28(32)33)31-41(36,37)26-15-23(16-39-26)40(34,35)22-4-2-1-3-5-22/h1-16,31H,(H3,29,30)(H,32,33). The predicted octanol–water partition coefficient (Wildman–Crippen LogP) is 5.31. The molecule has 5 rings (SSSR count). The van der Waals surface area contributed by atoms with E-state index in [0.717, 1.165) is 34.2 Å². The quantitative estimate of drug-likeness (QED) is 0.129. The topological polar surface area (TPSA) is 177 Å². The number of fused-ring (bicyclic) bond motifs is 1. The van der Waals surface area contributed by atoms with Crippen LogP contribution < -0.4 is 15.2 Å². The summed E-state index contributed by atoms with van der Waals surface area (Å²) in [6, 6.07) is 22.7. The van der Waals surface area contributed by atoms with Crippen LogP contribution in [0.2, 0.25) is 0 Å². The maximum Gasteiger partial charge on any atom is 0.339 e. The van der Waals surface area contributed by atoms with Crippen molar-refractivity contribution >= 4 is 59.5 Å². The highest BCUT2D eigenvalue weighted by atomic mass is 32.2. The Hall–Kier alpha value is -4.72. The summed E-state index contributed by atoms with van der Waals surface area (Å²) in [5.74, 6) is -1.09. The van der Waals surface area contributed by atoms with Gasteiger partial charge in [0.05, 0.1) is 9.79 Å². The van der Waals surface area contributed by atoms with Crippen LogP contribution in [0.4, 0.5) is 5.69 Å². The largest absolute Gasteiger partial charge is 0.478 e. The zero-order valence-electron chi connectivity index (χ0n) is 20.9. The number of carboxylic acids is 1. The Morgan fingerprint density at radius 3 is 2.27 bits per heavy atom. The van der Waals surface area contributed by atoms with Crippen LogP contribution in [0.5, 0.6) is 11.5 Å². The second-order valence-corrected chi connectivity index (χ2v) is 13.5. The second-order valence-electron chi connectivity index (χ2n) is 8.78. The first-order valence-electron chi connectivity index (χ1n) is 11.8. The van der Waals surface area contributed by atoms with Crippen LogP contribution in [0, 0.1) is 5.41 Å². The van der Waals surface area contributed by atoms with Gasteiger partial charge in [-0.3, -0.25) is 10.1 Å². The maximum atomic E-state index is 13.0. The number of carboxylic acid groups (broad SMARTS) is 1. The van der Waals surface area contributed by atoms with Gasteiger partial charge in [-0.25, -0.2) is 21.6 Å². The van der Waals surface area contributed by atoms with E-state index >= 15 is 0 Å². The monoisotopic (exact) mass is 607 g/mol. The summed E-state index contributed by atoms with van der Waals surface area (Å²) in [5, 5.41) is 20.2. The Labute approximate surface area is 239 Å². The summed E-state index contributed by atoms with van der Waals surface area (Å²) in [6.07, 6.45) is 0. The molecule has 0 bridgehead atoms. The van der Waals surface area contributed by atoms with Crippen LogP contribution in [0.25, 0.3) is 10.8 Å². The molecule has 0 radical (unpaired) electrons. The smallest absolute Gasteiger partial charge is 0.339 e. The molecule has 1 heterocycles. The number of hydrogen-bond donors (Lipinski definition) is 4. The highest BCUT2D eigenvalue weighted by Gasteiger charge is 2.25. The molecule has 5 N–H and O–H groups in total. The fraction of sp³-hybridized carbons (Fsp3) is 0. The number of nitrogen functional groups attached to an aromatic ring is 1. The Morgan fingerprint density at radius 1 is 0.854 bits per heavy atom. The Morgan fingerprint density at radius 2 is 1.56 bits per heavy atom. The van der Waals surface area contributed by atoms with Crippen LogP contribution in [0.3, 0.4) is 0 Å². The zero-order valence-corrected chi connectivity index (χ0v) is 23.4. The van der Waals surface area contributed by atoms with E-state index in [1.165, 1.54) is 29.6 Å². The number of thiophene rings is 1. The minimum atomic E-state index is -4.24. The molecule has 13 heteroatoms. The summed E-state index contributed by atoms with van der Waals surface area (Å²) in [7, 11) is -8.15. The highest BCUT2D eigenvalue weighted by Crippen LogP contribution is 2.33. The van der Waals surface area contributed by atoms with Crippen molar-refractivity contribution in [2.24, 2.45) is 5.73 Å². The molecule has 4 aromatic carbocycles. The molecule has 0 amide bonds. The van der Waals surface area contributed by atoms with Crippen molar-refractivity contribution in [1.29, 1.82) is 5.41 Å². The third kappa shape index (κ3) is 5.77. The van der Waals surface area contributed by atoms with Crippen molar-refractivity contribution < 1.29 is 31.5 Å². The Kier molecular flexibility index (Phi) is 7.26. The average Bonchev–Trinajstić information content (AvgIpc) is 3.46. The molecule has 41 heavy (non-hydrogen) atoms. The van der Waals surface area contributed by atoms with Crippen LogP contribution in [-0.4, -0.2) is 33.7 Å². The molecule has 208 valence electrons. The molecule has 0 aliphatic carbocycles. The lowest BCUT2D eigenvalue weighted by molar-refractivity contribution is 0.0694. The molecule has 1 aromatic heterocycles. The first-order valence-corrected chi connectivity index (χ1v) is 15.6. The van der Waals surface area contributed by atoms with Gasteiger partial charge < -0.3 is 15.6 Å². The first kappa shape index (κ1) is 27.8. The van der Waals surface area contributed by atoms with E-state index in [2.05, 4.69) is 4.72 Å². The van der Waals surface area contributed by atoms with Gasteiger partial charge >= 0.3 is 5.97 Å². The Bertz CT molecular complexity index is 2040.